The second-order valence-electron chi connectivity index (χ2n) is 5.46. The number of thioether (sulfide) groups is 1. The van der Waals surface area contributed by atoms with Gasteiger partial charge >= 0.3 is 6.18 Å². The van der Waals surface area contributed by atoms with Crippen LogP contribution in [0.1, 0.15) is 21.5 Å². The van der Waals surface area contributed by atoms with E-state index < -0.39 is 27.9 Å². The molecule has 0 radical (unpaired) electrons. The zero-order chi connectivity index (χ0) is 19.8. The molecule has 0 aromatic heterocycles. The minimum atomic E-state index is -4.72. The molecule has 9 heteroatoms. The molecule has 0 saturated carbocycles. The number of hydrogen-bond donors (Lipinski definition) is 0. The topological polar surface area (TPSA) is 54.5 Å². The van der Waals surface area contributed by atoms with E-state index in [9.17, 15) is 27.6 Å². The summed E-state index contributed by atoms with van der Waals surface area (Å²) >= 11 is 6.18. The molecule has 2 aromatic carbocycles. The van der Waals surface area contributed by atoms with Crippen LogP contribution in [-0.4, -0.2) is 17.4 Å². The molecule has 4 nitrogen and oxygen atoms in total. The van der Waals surface area contributed by atoms with Crippen LogP contribution in [0.5, 0.6) is 0 Å². The number of alkyl halides is 3. The Bertz CT molecular complexity index is 971. The van der Waals surface area contributed by atoms with Gasteiger partial charge in [-0.2, -0.15) is 13.2 Å². The molecule has 1 aliphatic heterocycles. The maximum atomic E-state index is 13.0. The Morgan fingerprint density at radius 3 is 2.22 bits per heavy atom. The molecule has 1 aliphatic rings. The number of hydrogen-bond acceptors (Lipinski definition) is 4. The van der Waals surface area contributed by atoms with Crippen molar-refractivity contribution in [2.24, 2.45) is 0 Å². The van der Waals surface area contributed by atoms with E-state index >= 15 is 0 Å². The highest BCUT2D eigenvalue weighted by atomic mass is 35.5. The van der Waals surface area contributed by atoms with E-state index in [0.717, 1.165) is 6.07 Å². The molecular formula is C18H9ClF3NO3S. The molecule has 1 fully saturated rings. The van der Waals surface area contributed by atoms with Crippen molar-refractivity contribution in [3.05, 3.63) is 69.1 Å². The standard InChI is InChI=1S/C18H9ClF3NO3S/c19-14-6-5-12(8-13(14)18(20,21)22)23-16(25)15(27-17(23)26)7-10-1-3-11(9-24)4-2-10/h1-9H. The summed E-state index contributed by atoms with van der Waals surface area (Å²) in [6.07, 6.45) is -2.62. The van der Waals surface area contributed by atoms with Crippen molar-refractivity contribution in [2.45, 2.75) is 6.18 Å². The average Bonchev–Trinajstić information content (AvgIpc) is 2.89. The molecule has 0 aliphatic carbocycles. The number of anilines is 1. The quantitative estimate of drug-likeness (QED) is 0.500. The van der Waals surface area contributed by atoms with E-state index in [1.165, 1.54) is 24.3 Å². The van der Waals surface area contributed by atoms with Crippen LogP contribution < -0.4 is 4.90 Å². The molecule has 0 unspecified atom stereocenters. The highest BCUT2D eigenvalue weighted by Crippen LogP contribution is 2.40. The first-order valence-electron chi connectivity index (χ1n) is 7.40. The van der Waals surface area contributed by atoms with Crippen molar-refractivity contribution < 1.29 is 27.6 Å². The monoisotopic (exact) mass is 411 g/mol. The number of carbonyl (C=O) groups is 3. The Balaban J connectivity index is 1.94. The highest BCUT2D eigenvalue weighted by molar-refractivity contribution is 8.19. The van der Waals surface area contributed by atoms with Gasteiger partial charge < -0.3 is 0 Å². The largest absolute Gasteiger partial charge is 0.417 e. The minimum Gasteiger partial charge on any atom is -0.298 e. The molecular weight excluding hydrogens is 403 g/mol. The van der Waals surface area contributed by atoms with Crippen molar-refractivity contribution in [3.63, 3.8) is 0 Å². The van der Waals surface area contributed by atoms with Gasteiger partial charge in [0.15, 0.2) is 0 Å². The maximum Gasteiger partial charge on any atom is 0.417 e. The first-order valence-corrected chi connectivity index (χ1v) is 8.60. The van der Waals surface area contributed by atoms with Gasteiger partial charge in [-0.15, -0.1) is 0 Å². The summed E-state index contributed by atoms with van der Waals surface area (Å²) in [4.78, 5) is 36.1. The van der Waals surface area contributed by atoms with Crippen molar-refractivity contribution in [3.8, 4) is 0 Å². The summed E-state index contributed by atoms with van der Waals surface area (Å²) in [7, 11) is 0. The van der Waals surface area contributed by atoms with Gasteiger partial charge in [0.25, 0.3) is 11.1 Å². The molecule has 3 rings (SSSR count). The summed E-state index contributed by atoms with van der Waals surface area (Å²) in [6.45, 7) is 0. The van der Waals surface area contributed by atoms with Crippen LogP contribution in [0.25, 0.3) is 6.08 Å². The van der Waals surface area contributed by atoms with Gasteiger partial charge in [-0.3, -0.25) is 14.4 Å². The van der Waals surface area contributed by atoms with E-state index in [2.05, 4.69) is 0 Å². The van der Waals surface area contributed by atoms with E-state index in [0.29, 0.717) is 40.1 Å². The normalized spacial score (nSPS) is 16.3. The Hall–Kier alpha value is -2.58. The third-order valence-electron chi connectivity index (χ3n) is 3.68. The number of rotatable bonds is 3. The van der Waals surface area contributed by atoms with E-state index in [1.807, 2.05) is 0 Å². The number of carbonyl (C=O) groups excluding carboxylic acids is 3. The van der Waals surface area contributed by atoms with Gasteiger partial charge in [0.1, 0.15) is 6.29 Å². The number of aldehydes is 1. The second kappa shape index (κ2) is 7.21. The third-order valence-corrected chi connectivity index (χ3v) is 4.88. The Morgan fingerprint density at radius 2 is 1.63 bits per heavy atom. The van der Waals surface area contributed by atoms with Crippen LogP contribution in [0.15, 0.2) is 47.4 Å². The smallest absolute Gasteiger partial charge is 0.298 e. The summed E-state index contributed by atoms with van der Waals surface area (Å²) in [5, 5.41) is -1.24. The van der Waals surface area contributed by atoms with Crippen LogP contribution in [0, 0.1) is 0 Å². The molecule has 0 spiro atoms. The predicted molar refractivity (Wildman–Crippen MR) is 96.7 cm³/mol. The lowest BCUT2D eigenvalue weighted by Gasteiger charge is -2.16. The van der Waals surface area contributed by atoms with Crippen molar-refractivity contribution in [1.29, 1.82) is 0 Å². The van der Waals surface area contributed by atoms with Gasteiger partial charge in [0.2, 0.25) is 0 Å². The predicted octanol–water partition coefficient (Wildman–Crippen LogP) is 5.41. The lowest BCUT2D eigenvalue weighted by molar-refractivity contribution is -0.137. The van der Waals surface area contributed by atoms with Crippen molar-refractivity contribution >= 4 is 52.6 Å². The van der Waals surface area contributed by atoms with Gasteiger partial charge in [-0.1, -0.05) is 35.9 Å². The van der Waals surface area contributed by atoms with Crippen LogP contribution in [0.3, 0.4) is 0 Å². The first kappa shape index (κ1) is 19.2. The molecule has 0 N–H and O–H groups in total. The fourth-order valence-electron chi connectivity index (χ4n) is 2.38. The third kappa shape index (κ3) is 3.91. The molecule has 0 atom stereocenters. The van der Waals surface area contributed by atoms with Crippen LogP contribution >= 0.6 is 23.4 Å². The summed E-state index contributed by atoms with van der Waals surface area (Å²) in [6, 6.07) is 9.08. The zero-order valence-corrected chi connectivity index (χ0v) is 14.9. The molecule has 2 aromatic rings. The zero-order valence-electron chi connectivity index (χ0n) is 13.3. The average molecular weight is 412 g/mol. The second-order valence-corrected chi connectivity index (χ2v) is 6.86. The first-order chi connectivity index (χ1) is 12.7. The fourth-order valence-corrected chi connectivity index (χ4v) is 3.45. The molecule has 1 saturated heterocycles. The van der Waals surface area contributed by atoms with E-state index in [-0.39, 0.29) is 10.6 Å². The lowest BCUT2D eigenvalue weighted by atomic mass is 10.1. The van der Waals surface area contributed by atoms with Gasteiger partial charge in [-0.05, 0) is 41.6 Å². The summed E-state index contributed by atoms with van der Waals surface area (Å²) in [5.41, 5.74) is -0.331. The maximum absolute atomic E-state index is 13.0. The number of nitrogens with zero attached hydrogens (tertiary/aromatic N) is 1. The van der Waals surface area contributed by atoms with E-state index in [4.69, 9.17) is 11.6 Å². The number of imide groups is 1. The van der Waals surface area contributed by atoms with Gasteiger partial charge in [0.05, 0.1) is 21.2 Å². The van der Waals surface area contributed by atoms with Crippen LogP contribution in [0.4, 0.5) is 23.7 Å². The summed E-state index contributed by atoms with van der Waals surface area (Å²) < 4.78 is 39.1. The molecule has 138 valence electrons. The number of amides is 2. The van der Waals surface area contributed by atoms with Crippen LogP contribution in [-0.2, 0) is 11.0 Å². The molecule has 2 amide bonds. The van der Waals surface area contributed by atoms with Gasteiger partial charge in [0, 0.05) is 5.56 Å². The van der Waals surface area contributed by atoms with Gasteiger partial charge in [-0.25, -0.2) is 4.90 Å². The number of halogens is 4. The Labute approximate surface area is 160 Å². The lowest BCUT2D eigenvalue weighted by Crippen LogP contribution is -2.28. The molecule has 27 heavy (non-hydrogen) atoms. The van der Waals surface area contributed by atoms with E-state index in [1.54, 1.807) is 12.1 Å². The molecule has 0 bridgehead atoms. The highest BCUT2D eigenvalue weighted by Gasteiger charge is 2.39. The Morgan fingerprint density at radius 1 is 1.00 bits per heavy atom. The number of benzene rings is 2. The molecule has 1 heterocycles. The van der Waals surface area contributed by atoms with Crippen molar-refractivity contribution in [1.82, 2.24) is 0 Å². The Kier molecular flexibility index (Phi) is 5.12. The fraction of sp³-hybridized carbons (Fsp3) is 0.0556. The summed E-state index contributed by atoms with van der Waals surface area (Å²) in [5.74, 6) is -0.736. The van der Waals surface area contributed by atoms with Crippen LogP contribution in [0.2, 0.25) is 5.02 Å². The van der Waals surface area contributed by atoms with Crippen molar-refractivity contribution in [2.75, 3.05) is 4.90 Å². The SMILES string of the molecule is O=Cc1ccc(C=C2SC(=O)N(c3ccc(Cl)c(C(F)(F)F)c3)C2=O)cc1. The minimum absolute atomic E-state index is 0.0577.